The van der Waals surface area contributed by atoms with Crippen LogP contribution in [0.2, 0.25) is 0 Å². The van der Waals surface area contributed by atoms with Gasteiger partial charge in [-0.3, -0.25) is 9.58 Å². The third-order valence-corrected chi connectivity index (χ3v) is 4.62. The van der Waals surface area contributed by atoms with Crippen molar-refractivity contribution in [3.8, 4) is 5.75 Å². The predicted octanol–water partition coefficient (Wildman–Crippen LogP) is 1.67. The molecule has 0 atom stereocenters. The minimum absolute atomic E-state index is 0.121. The maximum Gasteiger partial charge on any atom is 0.119 e. The third-order valence-electron chi connectivity index (χ3n) is 4.62. The molecule has 3 aromatic rings. The van der Waals surface area contributed by atoms with Crippen molar-refractivity contribution in [2.75, 3.05) is 13.2 Å². The van der Waals surface area contributed by atoms with Gasteiger partial charge in [-0.25, -0.2) is 4.98 Å². The molecule has 0 amide bonds. The number of benzene rings is 1. The highest BCUT2D eigenvalue weighted by molar-refractivity contribution is 5.28. The van der Waals surface area contributed by atoms with Gasteiger partial charge < -0.3 is 14.4 Å². The SMILES string of the molecule is OCCn1ncc2c1CN(Cc1ccc(OCCn3ccnc3)cc1)C2. The fraction of sp³-hybridized carbons (Fsp3) is 0.368. The number of nitrogens with zero attached hydrogens (tertiary/aromatic N) is 5. The summed E-state index contributed by atoms with van der Waals surface area (Å²) in [6.07, 6.45) is 7.41. The lowest BCUT2D eigenvalue weighted by Crippen LogP contribution is -2.18. The number of rotatable bonds is 8. The highest BCUT2D eigenvalue weighted by Gasteiger charge is 2.23. The second-order valence-electron chi connectivity index (χ2n) is 6.50. The van der Waals surface area contributed by atoms with Crippen molar-refractivity contribution in [3.63, 3.8) is 0 Å². The molecule has 0 fully saturated rings. The molecule has 1 aliphatic rings. The predicted molar refractivity (Wildman–Crippen MR) is 96.4 cm³/mol. The number of aliphatic hydroxyl groups excluding tert-OH is 1. The average Bonchev–Trinajstić information content (AvgIpc) is 3.36. The summed E-state index contributed by atoms with van der Waals surface area (Å²) in [7, 11) is 0. The number of fused-ring (bicyclic) bond motifs is 1. The average molecular weight is 353 g/mol. The summed E-state index contributed by atoms with van der Waals surface area (Å²) in [6.45, 7) is 4.77. The lowest BCUT2D eigenvalue weighted by atomic mass is 10.2. The lowest BCUT2D eigenvalue weighted by molar-refractivity contribution is 0.250. The van der Waals surface area contributed by atoms with Crippen LogP contribution in [0.4, 0.5) is 0 Å². The van der Waals surface area contributed by atoms with E-state index in [0.717, 1.165) is 31.9 Å². The summed E-state index contributed by atoms with van der Waals surface area (Å²) in [5.41, 5.74) is 3.75. The minimum Gasteiger partial charge on any atom is -0.492 e. The molecular formula is C19H23N5O2. The fourth-order valence-corrected chi connectivity index (χ4v) is 3.31. The van der Waals surface area contributed by atoms with Gasteiger partial charge in [0, 0.05) is 37.6 Å². The molecule has 3 heterocycles. The van der Waals surface area contributed by atoms with Crippen molar-refractivity contribution in [1.29, 1.82) is 0 Å². The summed E-state index contributed by atoms with van der Waals surface area (Å²) < 4.78 is 9.69. The maximum atomic E-state index is 9.12. The quantitative estimate of drug-likeness (QED) is 0.667. The number of hydrogen-bond donors (Lipinski definition) is 1. The van der Waals surface area contributed by atoms with Gasteiger partial charge in [-0.2, -0.15) is 5.10 Å². The normalized spacial score (nSPS) is 13.9. The number of ether oxygens (including phenoxy) is 1. The molecule has 2 aromatic heterocycles. The molecule has 26 heavy (non-hydrogen) atoms. The van der Waals surface area contributed by atoms with Crippen LogP contribution >= 0.6 is 0 Å². The van der Waals surface area contributed by atoms with Crippen molar-refractivity contribution in [2.45, 2.75) is 32.7 Å². The molecule has 0 radical (unpaired) electrons. The molecule has 0 spiro atoms. The smallest absolute Gasteiger partial charge is 0.119 e. The standard InChI is InChI=1S/C19H23N5O2/c25-9-7-24-19-14-23(13-17(19)11-21-24)12-16-1-3-18(4-2-16)26-10-8-22-6-5-20-15-22/h1-6,11,15,25H,7-10,12-14H2. The van der Waals surface area contributed by atoms with E-state index in [2.05, 4.69) is 27.1 Å². The second-order valence-corrected chi connectivity index (χ2v) is 6.50. The molecule has 7 nitrogen and oxygen atoms in total. The van der Waals surface area contributed by atoms with Crippen LogP contribution in [0.5, 0.6) is 5.75 Å². The van der Waals surface area contributed by atoms with Crippen molar-refractivity contribution in [3.05, 3.63) is 66.0 Å². The summed E-state index contributed by atoms with van der Waals surface area (Å²) in [5, 5.41) is 13.5. The van der Waals surface area contributed by atoms with Crippen molar-refractivity contribution in [2.24, 2.45) is 0 Å². The van der Waals surface area contributed by atoms with Gasteiger partial charge in [-0.05, 0) is 17.7 Å². The van der Waals surface area contributed by atoms with Gasteiger partial charge in [0.25, 0.3) is 0 Å². The largest absolute Gasteiger partial charge is 0.492 e. The number of aromatic nitrogens is 4. The Bertz CT molecular complexity index is 826. The Morgan fingerprint density at radius 3 is 2.77 bits per heavy atom. The monoisotopic (exact) mass is 353 g/mol. The Morgan fingerprint density at radius 2 is 2.00 bits per heavy atom. The van der Waals surface area contributed by atoms with E-state index in [1.165, 1.54) is 16.8 Å². The molecule has 4 rings (SSSR count). The zero-order valence-electron chi connectivity index (χ0n) is 14.7. The first-order valence-corrected chi connectivity index (χ1v) is 8.86. The second kappa shape index (κ2) is 7.72. The van der Waals surface area contributed by atoms with Gasteiger partial charge in [-0.1, -0.05) is 12.1 Å². The van der Waals surface area contributed by atoms with E-state index in [-0.39, 0.29) is 6.61 Å². The van der Waals surface area contributed by atoms with E-state index in [9.17, 15) is 0 Å². The maximum absolute atomic E-state index is 9.12. The topological polar surface area (TPSA) is 68.3 Å². The van der Waals surface area contributed by atoms with E-state index in [0.29, 0.717) is 13.2 Å². The van der Waals surface area contributed by atoms with Crippen LogP contribution in [0.1, 0.15) is 16.8 Å². The summed E-state index contributed by atoms with van der Waals surface area (Å²) in [5.74, 6) is 0.886. The van der Waals surface area contributed by atoms with Crippen LogP contribution in [0.15, 0.2) is 49.2 Å². The zero-order chi connectivity index (χ0) is 17.8. The molecule has 136 valence electrons. The molecule has 1 aromatic carbocycles. The highest BCUT2D eigenvalue weighted by atomic mass is 16.5. The zero-order valence-corrected chi connectivity index (χ0v) is 14.7. The molecule has 0 bridgehead atoms. The van der Waals surface area contributed by atoms with Gasteiger partial charge in [0.15, 0.2) is 0 Å². The number of aliphatic hydroxyl groups is 1. The van der Waals surface area contributed by atoms with E-state index in [4.69, 9.17) is 9.84 Å². The summed E-state index contributed by atoms with van der Waals surface area (Å²) >= 11 is 0. The Kier molecular flexibility index (Phi) is 4.99. The first-order valence-electron chi connectivity index (χ1n) is 8.86. The van der Waals surface area contributed by atoms with Crippen LogP contribution in [-0.2, 0) is 32.7 Å². The first kappa shape index (κ1) is 16.8. The van der Waals surface area contributed by atoms with E-state index < -0.39 is 0 Å². The Labute approximate surface area is 152 Å². The lowest BCUT2D eigenvalue weighted by Gasteiger charge is -2.16. The van der Waals surface area contributed by atoms with Gasteiger partial charge in [0.1, 0.15) is 12.4 Å². The van der Waals surface area contributed by atoms with Gasteiger partial charge in [0.2, 0.25) is 0 Å². The molecule has 1 N–H and O–H groups in total. The van der Waals surface area contributed by atoms with Crippen molar-refractivity contribution >= 4 is 0 Å². The van der Waals surface area contributed by atoms with Gasteiger partial charge in [-0.15, -0.1) is 0 Å². The number of hydrogen-bond acceptors (Lipinski definition) is 5. The molecular weight excluding hydrogens is 330 g/mol. The molecule has 0 saturated heterocycles. The minimum atomic E-state index is 0.121. The van der Waals surface area contributed by atoms with Gasteiger partial charge in [0.05, 0.1) is 37.9 Å². The van der Waals surface area contributed by atoms with E-state index in [1.807, 2.05) is 33.8 Å². The Balaban J connectivity index is 1.28. The Morgan fingerprint density at radius 1 is 1.12 bits per heavy atom. The molecule has 7 heteroatoms. The fourth-order valence-electron chi connectivity index (χ4n) is 3.31. The van der Waals surface area contributed by atoms with E-state index in [1.54, 1.807) is 12.5 Å². The van der Waals surface area contributed by atoms with Crippen LogP contribution < -0.4 is 4.74 Å². The Hall–Kier alpha value is -2.64. The first-order chi connectivity index (χ1) is 12.8. The third kappa shape index (κ3) is 3.79. The summed E-state index contributed by atoms with van der Waals surface area (Å²) in [6, 6.07) is 8.30. The molecule has 0 aliphatic carbocycles. The number of imidazole rings is 1. The van der Waals surface area contributed by atoms with Crippen LogP contribution in [0.25, 0.3) is 0 Å². The molecule has 0 unspecified atom stereocenters. The van der Waals surface area contributed by atoms with E-state index >= 15 is 0 Å². The van der Waals surface area contributed by atoms with Crippen LogP contribution in [0.3, 0.4) is 0 Å². The highest BCUT2D eigenvalue weighted by Crippen LogP contribution is 2.24. The van der Waals surface area contributed by atoms with Gasteiger partial charge >= 0.3 is 0 Å². The molecule has 0 saturated carbocycles. The van der Waals surface area contributed by atoms with Crippen molar-refractivity contribution < 1.29 is 9.84 Å². The van der Waals surface area contributed by atoms with Crippen LogP contribution in [0, 0.1) is 0 Å². The summed E-state index contributed by atoms with van der Waals surface area (Å²) in [4.78, 5) is 6.40. The molecule has 1 aliphatic heterocycles. The van der Waals surface area contributed by atoms with Crippen molar-refractivity contribution in [1.82, 2.24) is 24.2 Å². The van der Waals surface area contributed by atoms with Crippen LogP contribution in [-0.4, -0.2) is 42.6 Å².